The van der Waals surface area contributed by atoms with Crippen molar-refractivity contribution in [1.82, 2.24) is 4.98 Å². The van der Waals surface area contributed by atoms with Crippen LogP contribution in [-0.4, -0.2) is 10.9 Å². The van der Waals surface area contributed by atoms with Gasteiger partial charge in [-0.3, -0.25) is 4.79 Å². The first-order chi connectivity index (χ1) is 8.58. The van der Waals surface area contributed by atoms with Crippen molar-refractivity contribution in [1.29, 1.82) is 0 Å². The van der Waals surface area contributed by atoms with Gasteiger partial charge < -0.3 is 11.1 Å². The SMILES string of the molecule is Cc1cc(N)cnc1NC(=O)c1ccccc1F. The number of amides is 1. The molecule has 18 heavy (non-hydrogen) atoms. The van der Waals surface area contributed by atoms with E-state index in [0.29, 0.717) is 11.5 Å². The molecule has 0 atom stereocenters. The summed E-state index contributed by atoms with van der Waals surface area (Å²) >= 11 is 0. The average Bonchev–Trinajstić information content (AvgIpc) is 2.33. The second kappa shape index (κ2) is 4.83. The van der Waals surface area contributed by atoms with Gasteiger partial charge in [-0.15, -0.1) is 0 Å². The first kappa shape index (κ1) is 12.0. The van der Waals surface area contributed by atoms with Crippen molar-refractivity contribution in [2.45, 2.75) is 6.92 Å². The Kier molecular flexibility index (Phi) is 3.23. The summed E-state index contributed by atoms with van der Waals surface area (Å²) in [5.41, 5.74) is 6.77. The zero-order chi connectivity index (χ0) is 13.1. The van der Waals surface area contributed by atoms with Crippen molar-refractivity contribution < 1.29 is 9.18 Å². The summed E-state index contributed by atoms with van der Waals surface area (Å²) in [6, 6.07) is 7.46. The molecule has 1 amide bonds. The van der Waals surface area contributed by atoms with E-state index in [4.69, 9.17) is 5.73 Å². The molecule has 0 aliphatic rings. The van der Waals surface area contributed by atoms with E-state index in [1.54, 1.807) is 19.1 Å². The number of halogens is 1. The smallest absolute Gasteiger partial charge is 0.259 e. The lowest BCUT2D eigenvalue weighted by Crippen LogP contribution is -2.15. The van der Waals surface area contributed by atoms with Gasteiger partial charge in [0.2, 0.25) is 0 Å². The minimum Gasteiger partial charge on any atom is -0.397 e. The Bertz CT molecular complexity index is 599. The number of anilines is 2. The molecule has 2 rings (SSSR count). The highest BCUT2D eigenvalue weighted by Crippen LogP contribution is 2.15. The van der Waals surface area contributed by atoms with Crippen LogP contribution in [0.15, 0.2) is 36.5 Å². The van der Waals surface area contributed by atoms with Gasteiger partial charge in [0, 0.05) is 0 Å². The molecule has 0 aliphatic carbocycles. The molecule has 0 unspecified atom stereocenters. The summed E-state index contributed by atoms with van der Waals surface area (Å²) in [7, 11) is 0. The molecule has 5 heteroatoms. The maximum atomic E-state index is 13.4. The summed E-state index contributed by atoms with van der Waals surface area (Å²) < 4.78 is 13.4. The highest BCUT2D eigenvalue weighted by atomic mass is 19.1. The Morgan fingerprint density at radius 3 is 2.78 bits per heavy atom. The van der Waals surface area contributed by atoms with Gasteiger partial charge in [-0.25, -0.2) is 9.37 Å². The van der Waals surface area contributed by atoms with E-state index in [-0.39, 0.29) is 5.56 Å². The molecular formula is C13H12FN3O. The highest BCUT2D eigenvalue weighted by Gasteiger charge is 2.12. The van der Waals surface area contributed by atoms with Crippen LogP contribution < -0.4 is 11.1 Å². The van der Waals surface area contributed by atoms with Crippen molar-refractivity contribution in [2.24, 2.45) is 0 Å². The lowest BCUT2D eigenvalue weighted by Gasteiger charge is -2.08. The number of nitrogen functional groups attached to an aromatic ring is 1. The number of nitrogens with zero attached hydrogens (tertiary/aromatic N) is 1. The molecule has 1 aromatic carbocycles. The Labute approximate surface area is 104 Å². The third kappa shape index (κ3) is 2.45. The molecule has 0 fully saturated rings. The number of aromatic nitrogens is 1. The van der Waals surface area contributed by atoms with E-state index < -0.39 is 11.7 Å². The number of benzene rings is 1. The minimum absolute atomic E-state index is 0.0180. The molecule has 1 heterocycles. The maximum Gasteiger partial charge on any atom is 0.259 e. The van der Waals surface area contributed by atoms with Gasteiger partial charge in [-0.1, -0.05) is 12.1 Å². The summed E-state index contributed by atoms with van der Waals surface area (Å²) in [6.45, 7) is 1.76. The van der Waals surface area contributed by atoms with Crippen LogP contribution in [0.4, 0.5) is 15.9 Å². The number of carbonyl (C=O) groups is 1. The second-order valence-electron chi connectivity index (χ2n) is 3.87. The first-order valence-corrected chi connectivity index (χ1v) is 5.36. The number of nitrogens with one attached hydrogen (secondary N) is 1. The molecular weight excluding hydrogens is 233 g/mol. The predicted molar refractivity (Wildman–Crippen MR) is 67.7 cm³/mol. The van der Waals surface area contributed by atoms with Crippen molar-refractivity contribution in [2.75, 3.05) is 11.1 Å². The number of hydrogen-bond donors (Lipinski definition) is 2. The quantitative estimate of drug-likeness (QED) is 0.853. The van der Waals surface area contributed by atoms with Crippen LogP contribution in [0.3, 0.4) is 0 Å². The monoisotopic (exact) mass is 245 g/mol. The fourth-order valence-electron chi connectivity index (χ4n) is 1.55. The van der Waals surface area contributed by atoms with E-state index in [0.717, 1.165) is 5.56 Å². The molecule has 1 aromatic heterocycles. The molecule has 0 saturated carbocycles. The van der Waals surface area contributed by atoms with Crippen LogP contribution in [0.2, 0.25) is 0 Å². The third-order valence-corrected chi connectivity index (χ3v) is 2.45. The van der Waals surface area contributed by atoms with Crippen LogP contribution >= 0.6 is 0 Å². The van der Waals surface area contributed by atoms with Crippen LogP contribution in [-0.2, 0) is 0 Å². The Hall–Kier alpha value is -2.43. The molecule has 0 aliphatic heterocycles. The van der Waals surface area contributed by atoms with Crippen LogP contribution in [0.1, 0.15) is 15.9 Å². The molecule has 0 spiro atoms. The van der Waals surface area contributed by atoms with Gasteiger partial charge in [0.05, 0.1) is 17.4 Å². The van der Waals surface area contributed by atoms with Crippen molar-refractivity contribution in [3.05, 3.63) is 53.5 Å². The number of pyridine rings is 1. The minimum atomic E-state index is -0.567. The fraction of sp³-hybridized carbons (Fsp3) is 0.0769. The normalized spacial score (nSPS) is 10.1. The van der Waals surface area contributed by atoms with E-state index in [1.807, 2.05) is 0 Å². The van der Waals surface area contributed by atoms with Gasteiger partial charge in [0.25, 0.3) is 5.91 Å². The van der Waals surface area contributed by atoms with Gasteiger partial charge in [-0.2, -0.15) is 0 Å². The number of carbonyl (C=O) groups excluding carboxylic acids is 1. The lowest BCUT2D eigenvalue weighted by atomic mass is 10.2. The molecule has 2 aromatic rings. The Morgan fingerprint density at radius 2 is 2.11 bits per heavy atom. The predicted octanol–water partition coefficient (Wildman–Crippen LogP) is 2.36. The second-order valence-corrected chi connectivity index (χ2v) is 3.87. The van der Waals surface area contributed by atoms with Crippen molar-refractivity contribution in [3.63, 3.8) is 0 Å². The third-order valence-electron chi connectivity index (χ3n) is 2.45. The zero-order valence-electron chi connectivity index (χ0n) is 9.77. The number of hydrogen-bond acceptors (Lipinski definition) is 3. The molecule has 0 saturated heterocycles. The topological polar surface area (TPSA) is 68.0 Å². The maximum absolute atomic E-state index is 13.4. The lowest BCUT2D eigenvalue weighted by molar-refractivity contribution is 0.102. The van der Waals surface area contributed by atoms with E-state index in [9.17, 15) is 9.18 Å². The van der Waals surface area contributed by atoms with Crippen molar-refractivity contribution in [3.8, 4) is 0 Å². The highest BCUT2D eigenvalue weighted by molar-refractivity contribution is 6.04. The Morgan fingerprint density at radius 1 is 1.39 bits per heavy atom. The summed E-state index contributed by atoms with van der Waals surface area (Å²) in [4.78, 5) is 15.8. The standard InChI is InChI=1S/C13H12FN3O/c1-8-6-9(15)7-16-12(8)17-13(18)10-4-2-3-5-11(10)14/h2-7H,15H2,1H3,(H,16,17,18). The van der Waals surface area contributed by atoms with E-state index in [1.165, 1.54) is 24.4 Å². The summed E-state index contributed by atoms with van der Waals surface area (Å²) in [5.74, 6) is -0.728. The number of rotatable bonds is 2. The van der Waals surface area contributed by atoms with Crippen LogP contribution in [0.5, 0.6) is 0 Å². The van der Waals surface area contributed by atoms with Gasteiger partial charge in [0.15, 0.2) is 0 Å². The van der Waals surface area contributed by atoms with Gasteiger partial charge in [0.1, 0.15) is 11.6 Å². The Balaban J connectivity index is 2.24. The first-order valence-electron chi connectivity index (χ1n) is 5.36. The number of aryl methyl sites for hydroxylation is 1. The van der Waals surface area contributed by atoms with Gasteiger partial charge in [-0.05, 0) is 30.7 Å². The van der Waals surface area contributed by atoms with E-state index >= 15 is 0 Å². The number of nitrogens with two attached hydrogens (primary N) is 1. The molecule has 92 valence electrons. The van der Waals surface area contributed by atoms with Gasteiger partial charge >= 0.3 is 0 Å². The van der Waals surface area contributed by atoms with Crippen molar-refractivity contribution >= 4 is 17.4 Å². The molecule has 4 nitrogen and oxygen atoms in total. The summed E-state index contributed by atoms with van der Waals surface area (Å²) in [5, 5.41) is 2.55. The zero-order valence-corrected chi connectivity index (χ0v) is 9.77. The summed E-state index contributed by atoms with van der Waals surface area (Å²) in [6.07, 6.45) is 1.43. The largest absolute Gasteiger partial charge is 0.397 e. The molecule has 0 bridgehead atoms. The van der Waals surface area contributed by atoms with E-state index in [2.05, 4.69) is 10.3 Å². The molecule has 0 radical (unpaired) electrons. The van der Waals surface area contributed by atoms with Crippen LogP contribution in [0, 0.1) is 12.7 Å². The fourth-order valence-corrected chi connectivity index (χ4v) is 1.55. The average molecular weight is 245 g/mol. The molecule has 3 N–H and O–H groups in total. The van der Waals surface area contributed by atoms with Crippen LogP contribution in [0.25, 0.3) is 0 Å².